The third-order valence-electron chi connectivity index (χ3n) is 5.84. The molecule has 4 rings (SSSR count). The van der Waals surface area contributed by atoms with Gasteiger partial charge in [0.1, 0.15) is 11.5 Å². The molecule has 1 aromatic heterocycles. The molecule has 0 saturated heterocycles. The van der Waals surface area contributed by atoms with Crippen LogP contribution in [0, 0.1) is 0 Å². The van der Waals surface area contributed by atoms with Crippen LogP contribution in [0.1, 0.15) is 16.9 Å². The van der Waals surface area contributed by atoms with E-state index in [9.17, 15) is 18.0 Å². The monoisotopic (exact) mass is 574 g/mol. The molecule has 0 aliphatic carbocycles. The van der Waals surface area contributed by atoms with Gasteiger partial charge in [-0.15, -0.1) is 0 Å². The van der Waals surface area contributed by atoms with E-state index in [1.54, 1.807) is 54.6 Å². The Labute approximate surface area is 238 Å². The number of carbonyl (C=O) groups is 2. The first-order chi connectivity index (χ1) is 19.9. The molecule has 1 heterocycles. The summed E-state index contributed by atoms with van der Waals surface area (Å²) in [6.45, 7) is -0.172. The minimum absolute atomic E-state index is 0.0647. The van der Waals surface area contributed by atoms with Crippen LogP contribution in [0.4, 0.5) is 0 Å². The van der Waals surface area contributed by atoms with E-state index in [4.69, 9.17) is 9.15 Å². The predicted molar refractivity (Wildman–Crippen MR) is 154 cm³/mol. The SMILES string of the molecule is O=C(COc1ccc(/C=N/NC(=O)CN(Cc2ccco2)S(=O)(=O)c2ccccc2)cc1)NCCc1ccccc1. The fourth-order valence-corrected chi connectivity index (χ4v) is 5.14. The molecule has 0 saturated carbocycles. The number of carbonyl (C=O) groups excluding carboxylic acids is 2. The minimum atomic E-state index is -3.97. The second-order valence-electron chi connectivity index (χ2n) is 8.90. The molecule has 0 atom stereocenters. The topological polar surface area (TPSA) is 130 Å². The summed E-state index contributed by atoms with van der Waals surface area (Å²) in [4.78, 5) is 24.7. The molecule has 0 aliphatic heterocycles. The summed E-state index contributed by atoms with van der Waals surface area (Å²) < 4.78 is 38.2. The highest BCUT2D eigenvalue weighted by molar-refractivity contribution is 7.89. The van der Waals surface area contributed by atoms with Gasteiger partial charge in [-0.2, -0.15) is 9.41 Å². The van der Waals surface area contributed by atoms with Crippen molar-refractivity contribution in [1.29, 1.82) is 0 Å². The van der Waals surface area contributed by atoms with E-state index < -0.39 is 22.5 Å². The Morgan fingerprint density at radius 3 is 2.27 bits per heavy atom. The maximum Gasteiger partial charge on any atom is 0.257 e. The summed E-state index contributed by atoms with van der Waals surface area (Å²) in [6, 6.07) is 27.8. The zero-order valence-electron chi connectivity index (χ0n) is 22.2. The second-order valence-corrected chi connectivity index (χ2v) is 10.8. The number of nitrogens with one attached hydrogen (secondary N) is 2. The van der Waals surface area contributed by atoms with Crippen molar-refractivity contribution >= 4 is 28.1 Å². The van der Waals surface area contributed by atoms with Gasteiger partial charge in [0.25, 0.3) is 11.8 Å². The summed E-state index contributed by atoms with van der Waals surface area (Å²) in [6.07, 6.45) is 3.59. The van der Waals surface area contributed by atoms with E-state index in [0.29, 0.717) is 23.6 Å². The summed E-state index contributed by atoms with van der Waals surface area (Å²) in [5, 5.41) is 6.76. The van der Waals surface area contributed by atoms with Gasteiger partial charge in [0, 0.05) is 6.54 Å². The van der Waals surface area contributed by atoms with Crippen LogP contribution in [0.5, 0.6) is 5.75 Å². The van der Waals surface area contributed by atoms with E-state index in [0.717, 1.165) is 16.3 Å². The smallest absolute Gasteiger partial charge is 0.257 e. The molecule has 3 aromatic carbocycles. The Hall–Kier alpha value is -4.74. The number of benzene rings is 3. The summed E-state index contributed by atoms with van der Waals surface area (Å²) in [5.74, 6) is 0.0621. The van der Waals surface area contributed by atoms with Crippen molar-refractivity contribution in [3.05, 3.63) is 120 Å². The van der Waals surface area contributed by atoms with Crippen molar-refractivity contribution in [2.24, 2.45) is 5.10 Å². The average Bonchev–Trinajstić information content (AvgIpc) is 3.51. The van der Waals surface area contributed by atoms with Gasteiger partial charge in [-0.25, -0.2) is 13.8 Å². The Bertz CT molecular complexity index is 1530. The Balaban J connectivity index is 1.24. The molecule has 0 bridgehead atoms. The minimum Gasteiger partial charge on any atom is -0.484 e. The van der Waals surface area contributed by atoms with Crippen LogP contribution in [0.3, 0.4) is 0 Å². The Kier molecular flexibility index (Phi) is 10.4. The predicted octanol–water partition coefficient (Wildman–Crippen LogP) is 3.36. The van der Waals surface area contributed by atoms with Crippen molar-refractivity contribution in [2.45, 2.75) is 17.9 Å². The molecule has 2 amide bonds. The van der Waals surface area contributed by atoms with E-state index in [-0.39, 0.29) is 24.0 Å². The summed E-state index contributed by atoms with van der Waals surface area (Å²) in [7, 11) is -3.97. The molecule has 2 N–H and O–H groups in total. The molecule has 10 nitrogen and oxygen atoms in total. The molecule has 0 unspecified atom stereocenters. The lowest BCUT2D eigenvalue weighted by molar-refractivity contribution is -0.123. The zero-order chi connectivity index (χ0) is 28.9. The van der Waals surface area contributed by atoms with E-state index in [2.05, 4.69) is 15.8 Å². The van der Waals surface area contributed by atoms with E-state index in [1.807, 2.05) is 30.3 Å². The van der Waals surface area contributed by atoms with Gasteiger partial charge in [0.2, 0.25) is 10.0 Å². The van der Waals surface area contributed by atoms with Gasteiger partial charge in [-0.05, 0) is 66.1 Å². The third kappa shape index (κ3) is 9.16. The molecule has 0 radical (unpaired) electrons. The zero-order valence-corrected chi connectivity index (χ0v) is 23.0. The number of nitrogens with zero attached hydrogens (tertiary/aromatic N) is 2. The molecular formula is C30H30N4O6S. The first kappa shape index (κ1) is 29.2. The molecule has 0 aliphatic rings. The van der Waals surface area contributed by atoms with Gasteiger partial charge in [0.05, 0.1) is 30.5 Å². The first-order valence-electron chi connectivity index (χ1n) is 12.8. The van der Waals surface area contributed by atoms with Crippen LogP contribution in [0.2, 0.25) is 0 Å². The van der Waals surface area contributed by atoms with Gasteiger partial charge in [0.15, 0.2) is 6.61 Å². The highest BCUT2D eigenvalue weighted by Gasteiger charge is 2.27. The number of hydrogen-bond donors (Lipinski definition) is 2. The van der Waals surface area contributed by atoms with Gasteiger partial charge in [-0.3, -0.25) is 9.59 Å². The lowest BCUT2D eigenvalue weighted by Crippen LogP contribution is -2.38. The summed E-state index contributed by atoms with van der Waals surface area (Å²) >= 11 is 0. The molecule has 11 heteroatoms. The molecule has 0 fully saturated rings. The number of ether oxygens (including phenoxy) is 1. The molecule has 0 spiro atoms. The van der Waals surface area contributed by atoms with E-state index in [1.165, 1.54) is 24.6 Å². The van der Waals surface area contributed by atoms with Crippen LogP contribution in [-0.2, 0) is 32.6 Å². The maximum atomic E-state index is 13.2. The molecular weight excluding hydrogens is 544 g/mol. The second kappa shape index (κ2) is 14.6. The van der Waals surface area contributed by atoms with Crippen LogP contribution < -0.4 is 15.5 Å². The number of sulfonamides is 1. The fourth-order valence-electron chi connectivity index (χ4n) is 3.76. The third-order valence-corrected chi connectivity index (χ3v) is 7.65. The average molecular weight is 575 g/mol. The van der Waals surface area contributed by atoms with Gasteiger partial charge in [-0.1, -0.05) is 48.5 Å². The normalized spacial score (nSPS) is 11.4. The molecule has 4 aromatic rings. The number of furan rings is 1. The molecule has 212 valence electrons. The number of amides is 2. The highest BCUT2D eigenvalue weighted by atomic mass is 32.2. The van der Waals surface area contributed by atoms with Gasteiger partial charge < -0.3 is 14.5 Å². The fraction of sp³-hybridized carbons (Fsp3) is 0.167. The molecule has 41 heavy (non-hydrogen) atoms. The lowest BCUT2D eigenvalue weighted by atomic mass is 10.1. The van der Waals surface area contributed by atoms with Crippen LogP contribution in [0.15, 0.2) is 118 Å². The summed E-state index contributed by atoms with van der Waals surface area (Å²) in [5.41, 5.74) is 4.17. The van der Waals surface area contributed by atoms with Crippen molar-refractivity contribution in [3.8, 4) is 5.75 Å². The number of hydrazone groups is 1. The van der Waals surface area contributed by atoms with Crippen molar-refractivity contribution in [3.63, 3.8) is 0 Å². The van der Waals surface area contributed by atoms with E-state index >= 15 is 0 Å². The highest BCUT2D eigenvalue weighted by Crippen LogP contribution is 2.18. The number of rotatable bonds is 14. The lowest BCUT2D eigenvalue weighted by Gasteiger charge is -2.20. The number of hydrogen-bond acceptors (Lipinski definition) is 7. The van der Waals surface area contributed by atoms with Crippen LogP contribution in [0.25, 0.3) is 0 Å². The largest absolute Gasteiger partial charge is 0.484 e. The van der Waals surface area contributed by atoms with Crippen LogP contribution in [-0.4, -0.2) is 50.4 Å². The quantitative estimate of drug-likeness (QED) is 0.176. The maximum absolute atomic E-state index is 13.2. The first-order valence-corrected chi connectivity index (χ1v) is 14.3. The van der Waals surface area contributed by atoms with Crippen molar-refractivity contribution in [1.82, 2.24) is 15.0 Å². The van der Waals surface area contributed by atoms with Gasteiger partial charge >= 0.3 is 0 Å². The van der Waals surface area contributed by atoms with Crippen molar-refractivity contribution < 1.29 is 27.2 Å². The van der Waals surface area contributed by atoms with Crippen LogP contribution >= 0.6 is 0 Å². The standard InChI is InChI=1S/C30H30N4O6S/c35-29(22-34(21-27-10-7-19-39-27)41(37,38)28-11-5-2-6-12-28)33-32-20-25-13-15-26(16-14-25)40-23-30(36)31-18-17-24-8-3-1-4-9-24/h1-16,19-20H,17-18,21-23H2,(H,31,36)(H,33,35)/b32-20+. The van der Waals surface area contributed by atoms with Crippen molar-refractivity contribution in [2.75, 3.05) is 19.7 Å². The Morgan fingerprint density at radius 1 is 0.878 bits per heavy atom. The Morgan fingerprint density at radius 2 is 1.59 bits per heavy atom.